The number of hydrogen-bond donors (Lipinski definition) is 1. The van der Waals surface area contributed by atoms with Gasteiger partial charge in [-0.05, 0) is 30.8 Å². The van der Waals surface area contributed by atoms with Crippen LogP contribution in [0, 0.1) is 0 Å². The number of nitrogen functional groups attached to an aromatic ring is 1. The van der Waals surface area contributed by atoms with Gasteiger partial charge in [-0.2, -0.15) is 0 Å². The molecule has 1 aliphatic rings. The molecular formula is C23H24N8O. The molecule has 9 nitrogen and oxygen atoms in total. The first kappa shape index (κ1) is 20.1. The number of pyridine rings is 2. The molecule has 0 aromatic carbocycles. The average Bonchev–Trinajstić information content (AvgIpc) is 3.19. The lowest BCUT2D eigenvalue weighted by molar-refractivity contribution is 0.0637. The summed E-state index contributed by atoms with van der Waals surface area (Å²) in [4.78, 5) is 30.8. The maximum Gasteiger partial charge on any atom is 0.272 e. The number of carbonyl (C=O) groups excluding carboxylic acids is 1. The standard InChI is InChI=1S/C23H24N8O/c1-2-29-10-12-30(13-11-29)23(32)19-8-5-7-17(27-19)16-14-26-22-20(18-6-3-4-9-25-18)21(24)28-31(22)15-16/h3-9,14-15H,2,10-13H2,1H3,(H2,24,28). The molecule has 0 bridgehead atoms. The third kappa shape index (κ3) is 3.67. The fourth-order valence-corrected chi connectivity index (χ4v) is 3.98. The van der Waals surface area contributed by atoms with Crippen LogP contribution in [0.25, 0.3) is 28.2 Å². The van der Waals surface area contributed by atoms with Crippen LogP contribution in [0.15, 0.2) is 55.0 Å². The highest BCUT2D eigenvalue weighted by Crippen LogP contribution is 2.28. The first-order valence-corrected chi connectivity index (χ1v) is 10.7. The lowest BCUT2D eigenvalue weighted by Gasteiger charge is -2.33. The van der Waals surface area contributed by atoms with Crippen LogP contribution in [0.2, 0.25) is 0 Å². The van der Waals surface area contributed by atoms with Gasteiger partial charge in [0, 0.05) is 50.3 Å². The van der Waals surface area contributed by atoms with Gasteiger partial charge >= 0.3 is 0 Å². The number of nitrogens with zero attached hydrogens (tertiary/aromatic N) is 7. The van der Waals surface area contributed by atoms with Gasteiger partial charge in [0.25, 0.3) is 5.91 Å². The van der Waals surface area contributed by atoms with Gasteiger partial charge in [0.2, 0.25) is 0 Å². The second-order valence-electron chi connectivity index (χ2n) is 7.72. The lowest BCUT2D eigenvalue weighted by atomic mass is 10.2. The molecule has 1 fully saturated rings. The number of likely N-dealkylation sites (N-methyl/N-ethyl adjacent to an activating group) is 1. The molecule has 162 valence electrons. The molecule has 5 rings (SSSR count). The van der Waals surface area contributed by atoms with E-state index < -0.39 is 0 Å². The Morgan fingerprint density at radius 3 is 2.59 bits per heavy atom. The summed E-state index contributed by atoms with van der Waals surface area (Å²) in [7, 11) is 0. The molecule has 1 aliphatic heterocycles. The second-order valence-corrected chi connectivity index (χ2v) is 7.72. The Morgan fingerprint density at radius 1 is 1.03 bits per heavy atom. The van der Waals surface area contributed by atoms with E-state index >= 15 is 0 Å². The van der Waals surface area contributed by atoms with Crippen molar-refractivity contribution in [2.45, 2.75) is 6.92 Å². The minimum atomic E-state index is -0.0441. The van der Waals surface area contributed by atoms with E-state index in [0.717, 1.165) is 38.3 Å². The number of fused-ring (bicyclic) bond motifs is 1. The summed E-state index contributed by atoms with van der Waals surface area (Å²) >= 11 is 0. The van der Waals surface area contributed by atoms with Crippen molar-refractivity contribution in [2.24, 2.45) is 0 Å². The number of rotatable bonds is 4. The van der Waals surface area contributed by atoms with Crippen LogP contribution < -0.4 is 5.73 Å². The molecule has 4 aromatic rings. The largest absolute Gasteiger partial charge is 0.382 e. The molecule has 0 unspecified atom stereocenters. The Labute approximate surface area is 185 Å². The topological polar surface area (TPSA) is 106 Å². The fraction of sp³-hybridized carbons (Fsp3) is 0.261. The number of carbonyl (C=O) groups is 1. The zero-order chi connectivity index (χ0) is 22.1. The van der Waals surface area contributed by atoms with Crippen molar-refractivity contribution in [1.29, 1.82) is 0 Å². The maximum absolute atomic E-state index is 13.0. The molecule has 0 saturated carbocycles. The van der Waals surface area contributed by atoms with Gasteiger partial charge in [0.1, 0.15) is 5.69 Å². The van der Waals surface area contributed by atoms with E-state index in [-0.39, 0.29) is 5.91 Å². The van der Waals surface area contributed by atoms with Gasteiger partial charge < -0.3 is 15.5 Å². The van der Waals surface area contributed by atoms with E-state index in [0.29, 0.717) is 34.1 Å². The molecule has 4 aromatic heterocycles. The number of anilines is 1. The number of piperazine rings is 1. The predicted octanol–water partition coefficient (Wildman–Crippen LogP) is 2.21. The Balaban J connectivity index is 1.44. The molecule has 2 N–H and O–H groups in total. The predicted molar refractivity (Wildman–Crippen MR) is 122 cm³/mol. The van der Waals surface area contributed by atoms with Crippen molar-refractivity contribution in [2.75, 3.05) is 38.5 Å². The Kier molecular flexibility index (Phi) is 5.24. The van der Waals surface area contributed by atoms with Crippen LogP contribution >= 0.6 is 0 Å². The van der Waals surface area contributed by atoms with Crippen molar-refractivity contribution in [3.05, 3.63) is 60.7 Å². The van der Waals surface area contributed by atoms with Crippen molar-refractivity contribution < 1.29 is 4.79 Å². The van der Waals surface area contributed by atoms with E-state index in [2.05, 4.69) is 31.9 Å². The monoisotopic (exact) mass is 428 g/mol. The van der Waals surface area contributed by atoms with Crippen LogP contribution in [-0.2, 0) is 0 Å². The summed E-state index contributed by atoms with van der Waals surface area (Å²) in [6.45, 7) is 6.36. The van der Waals surface area contributed by atoms with Crippen molar-refractivity contribution >= 4 is 17.4 Å². The molecule has 0 aliphatic carbocycles. The zero-order valence-electron chi connectivity index (χ0n) is 17.8. The zero-order valence-corrected chi connectivity index (χ0v) is 17.8. The summed E-state index contributed by atoms with van der Waals surface area (Å²) in [5.74, 6) is 0.314. The van der Waals surface area contributed by atoms with Gasteiger partial charge in [0.15, 0.2) is 11.5 Å². The number of nitrogens with two attached hydrogens (primary N) is 1. The third-order valence-corrected chi connectivity index (χ3v) is 5.79. The van der Waals surface area contributed by atoms with Crippen LogP contribution in [0.4, 0.5) is 5.82 Å². The number of amides is 1. The summed E-state index contributed by atoms with van der Waals surface area (Å²) in [6, 6.07) is 11.1. The summed E-state index contributed by atoms with van der Waals surface area (Å²) in [6.07, 6.45) is 5.25. The van der Waals surface area contributed by atoms with E-state index in [1.165, 1.54) is 0 Å². The minimum absolute atomic E-state index is 0.0441. The van der Waals surface area contributed by atoms with E-state index in [9.17, 15) is 4.79 Å². The molecule has 9 heteroatoms. The van der Waals surface area contributed by atoms with E-state index in [4.69, 9.17) is 5.73 Å². The molecular weight excluding hydrogens is 404 g/mol. The Hall–Kier alpha value is -3.85. The first-order valence-electron chi connectivity index (χ1n) is 10.7. The Morgan fingerprint density at radius 2 is 1.84 bits per heavy atom. The summed E-state index contributed by atoms with van der Waals surface area (Å²) < 4.78 is 1.63. The van der Waals surface area contributed by atoms with Crippen molar-refractivity contribution in [3.63, 3.8) is 0 Å². The quantitative estimate of drug-likeness (QED) is 0.531. The Bertz CT molecular complexity index is 1260. The van der Waals surface area contributed by atoms with Gasteiger partial charge in [-0.25, -0.2) is 14.5 Å². The molecule has 0 radical (unpaired) electrons. The highest BCUT2D eigenvalue weighted by atomic mass is 16.2. The SMILES string of the molecule is CCN1CCN(C(=O)c2cccc(-c3cnc4c(-c5ccccn5)c(N)nn4c3)n2)CC1. The van der Waals surface area contributed by atoms with Crippen LogP contribution in [0.5, 0.6) is 0 Å². The normalized spacial score (nSPS) is 14.7. The van der Waals surface area contributed by atoms with Crippen molar-refractivity contribution in [1.82, 2.24) is 34.4 Å². The highest BCUT2D eigenvalue weighted by Gasteiger charge is 2.22. The van der Waals surface area contributed by atoms with Crippen LogP contribution in [0.1, 0.15) is 17.4 Å². The number of hydrogen-bond acceptors (Lipinski definition) is 7. The van der Waals surface area contributed by atoms with Crippen molar-refractivity contribution in [3.8, 4) is 22.5 Å². The summed E-state index contributed by atoms with van der Waals surface area (Å²) in [5.41, 5.74) is 10.0. The summed E-state index contributed by atoms with van der Waals surface area (Å²) in [5, 5.41) is 4.41. The average molecular weight is 429 g/mol. The molecule has 1 saturated heterocycles. The number of aromatic nitrogens is 5. The fourth-order valence-electron chi connectivity index (χ4n) is 3.98. The molecule has 0 spiro atoms. The van der Waals surface area contributed by atoms with Gasteiger partial charge in [-0.1, -0.05) is 19.1 Å². The molecule has 5 heterocycles. The lowest BCUT2D eigenvalue weighted by Crippen LogP contribution is -2.48. The third-order valence-electron chi connectivity index (χ3n) is 5.79. The highest BCUT2D eigenvalue weighted by molar-refractivity contribution is 5.93. The first-order chi connectivity index (χ1) is 15.6. The molecule has 1 amide bonds. The van der Waals surface area contributed by atoms with Gasteiger partial charge in [0.05, 0.1) is 17.0 Å². The second kappa shape index (κ2) is 8.35. The maximum atomic E-state index is 13.0. The van der Waals surface area contributed by atoms with E-state index in [1.807, 2.05) is 41.4 Å². The van der Waals surface area contributed by atoms with Gasteiger partial charge in [-0.3, -0.25) is 9.78 Å². The smallest absolute Gasteiger partial charge is 0.272 e. The molecule has 32 heavy (non-hydrogen) atoms. The van der Waals surface area contributed by atoms with E-state index in [1.54, 1.807) is 23.0 Å². The van der Waals surface area contributed by atoms with Gasteiger partial charge in [-0.15, -0.1) is 5.10 Å². The minimum Gasteiger partial charge on any atom is -0.382 e. The molecule has 0 atom stereocenters. The van der Waals surface area contributed by atoms with Crippen LogP contribution in [-0.4, -0.2) is 73.0 Å². The van der Waals surface area contributed by atoms with Crippen LogP contribution in [0.3, 0.4) is 0 Å².